The molecule has 0 spiro atoms. The van der Waals surface area contributed by atoms with Crippen molar-refractivity contribution in [3.05, 3.63) is 12.2 Å². The molecule has 1 aliphatic heterocycles. The summed E-state index contributed by atoms with van der Waals surface area (Å²) < 4.78 is 10.1. The van der Waals surface area contributed by atoms with Gasteiger partial charge < -0.3 is 25.0 Å². The Kier molecular flexibility index (Phi) is 6.62. The van der Waals surface area contributed by atoms with Gasteiger partial charge in [0.05, 0.1) is 13.0 Å². The number of methoxy groups -OCH3 is 1. The molecule has 1 saturated carbocycles. The van der Waals surface area contributed by atoms with E-state index in [9.17, 15) is 19.2 Å². The summed E-state index contributed by atoms with van der Waals surface area (Å²) in [6.45, 7) is 7.32. The van der Waals surface area contributed by atoms with Crippen LogP contribution in [0.4, 0.5) is 4.79 Å². The molecule has 1 heterocycles. The van der Waals surface area contributed by atoms with Gasteiger partial charge in [0.1, 0.15) is 17.7 Å². The Balaban J connectivity index is 1.67. The fraction of sp³-hybridized carbons (Fsp3) is 0.727. The van der Waals surface area contributed by atoms with Gasteiger partial charge in [0, 0.05) is 12.6 Å². The van der Waals surface area contributed by atoms with Crippen molar-refractivity contribution in [2.45, 2.75) is 70.7 Å². The highest BCUT2D eigenvalue weighted by Crippen LogP contribution is 2.45. The van der Waals surface area contributed by atoms with Crippen molar-refractivity contribution in [2.24, 2.45) is 17.8 Å². The number of rotatable bonds is 5. The molecule has 0 radical (unpaired) electrons. The maximum Gasteiger partial charge on any atom is 0.408 e. The predicted octanol–water partition coefficient (Wildman–Crippen LogP) is 1.37. The van der Waals surface area contributed by atoms with Crippen LogP contribution in [-0.4, -0.2) is 66.2 Å². The van der Waals surface area contributed by atoms with Gasteiger partial charge in [-0.15, -0.1) is 0 Å². The molecule has 31 heavy (non-hydrogen) atoms. The minimum atomic E-state index is -0.816. The first-order valence-corrected chi connectivity index (χ1v) is 10.9. The van der Waals surface area contributed by atoms with Crippen LogP contribution >= 0.6 is 0 Å². The fourth-order valence-electron chi connectivity index (χ4n) is 4.80. The summed E-state index contributed by atoms with van der Waals surface area (Å²) >= 11 is 0. The van der Waals surface area contributed by atoms with Gasteiger partial charge in [-0.3, -0.25) is 9.59 Å². The minimum absolute atomic E-state index is 0.0239. The maximum absolute atomic E-state index is 13.4. The number of allylic oxidation sites excluding steroid dienone is 1. The Morgan fingerprint density at radius 2 is 1.81 bits per heavy atom. The zero-order valence-electron chi connectivity index (χ0n) is 18.8. The lowest BCUT2D eigenvalue weighted by Crippen LogP contribution is -2.55. The third kappa shape index (κ3) is 5.02. The van der Waals surface area contributed by atoms with E-state index in [1.165, 1.54) is 7.11 Å². The van der Waals surface area contributed by atoms with E-state index in [1.54, 1.807) is 32.6 Å². The second-order valence-electron chi connectivity index (χ2n) is 9.59. The van der Waals surface area contributed by atoms with E-state index in [4.69, 9.17) is 9.47 Å². The number of nitrogens with one attached hydrogen (secondary N) is 2. The molecule has 0 aromatic rings. The molecule has 3 aliphatic rings. The maximum atomic E-state index is 13.4. The second kappa shape index (κ2) is 8.88. The van der Waals surface area contributed by atoms with Gasteiger partial charge in [0.2, 0.25) is 11.8 Å². The van der Waals surface area contributed by atoms with E-state index < -0.39 is 35.7 Å². The minimum Gasteiger partial charge on any atom is -0.467 e. The lowest BCUT2D eigenvalue weighted by atomic mass is 9.87. The summed E-state index contributed by atoms with van der Waals surface area (Å²) in [6.07, 6.45) is 5.51. The van der Waals surface area contributed by atoms with E-state index in [2.05, 4.69) is 10.6 Å². The van der Waals surface area contributed by atoms with Crippen LogP contribution in [0.1, 0.15) is 47.0 Å². The monoisotopic (exact) mass is 435 g/mol. The number of fused-ring (bicyclic) bond motifs is 2. The van der Waals surface area contributed by atoms with Crippen molar-refractivity contribution in [3.8, 4) is 0 Å². The first kappa shape index (κ1) is 23.1. The first-order valence-electron chi connectivity index (χ1n) is 10.9. The summed E-state index contributed by atoms with van der Waals surface area (Å²) in [4.78, 5) is 51.9. The normalized spacial score (nSPS) is 30.1. The Labute approximate surface area is 182 Å². The lowest BCUT2D eigenvalue weighted by molar-refractivity contribution is -0.153. The van der Waals surface area contributed by atoms with E-state index in [0.29, 0.717) is 13.0 Å². The van der Waals surface area contributed by atoms with Gasteiger partial charge in [0.25, 0.3) is 0 Å². The number of nitrogens with zero attached hydrogens (tertiary/aromatic N) is 1. The highest BCUT2D eigenvalue weighted by Gasteiger charge is 2.52. The molecule has 2 aliphatic carbocycles. The third-order valence-corrected chi connectivity index (χ3v) is 6.19. The van der Waals surface area contributed by atoms with Crippen LogP contribution in [0.3, 0.4) is 0 Å². The molecular formula is C22H33N3O6. The van der Waals surface area contributed by atoms with Gasteiger partial charge in [-0.1, -0.05) is 12.2 Å². The van der Waals surface area contributed by atoms with Gasteiger partial charge >= 0.3 is 12.1 Å². The van der Waals surface area contributed by atoms with Crippen LogP contribution < -0.4 is 10.6 Å². The summed E-state index contributed by atoms with van der Waals surface area (Å²) in [7, 11) is 1.33. The standard InChI is InChI=1S/C22H33N3O6/c1-12(23-21(29)31-22(2,3)4)18(26)24-17-14-9-8-13(11-14)16(17)19(27)25-10-6-7-15(25)20(28)30-5/h8-9,12-17H,6-7,10-11H2,1-5H3,(H,23,29)(H,24,26)/t12-,13+,14-,15-,16+,17-/m0/s1. The number of esters is 1. The average Bonchev–Trinajstić information content (AvgIpc) is 3.41. The van der Waals surface area contributed by atoms with Crippen LogP contribution in [0.15, 0.2) is 12.2 Å². The van der Waals surface area contributed by atoms with Crippen molar-refractivity contribution >= 4 is 23.9 Å². The molecule has 3 rings (SSSR count). The van der Waals surface area contributed by atoms with Gasteiger partial charge in [0.15, 0.2) is 0 Å². The number of carbonyl (C=O) groups excluding carboxylic acids is 4. The zero-order chi connectivity index (χ0) is 22.9. The number of hydrogen-bond donors (Lipinski definition) is 2. The molecule has 2 fully saturated rings. The van der Waals surface area contributed by atoms with E-state index in [-0.39, 0.29) is 29.7 Å². The largest absolute Gasteiger partial charge is 0.467 e. The lowest BCUT2D eigenvalue weighted by Gasteiger charge is -2.33. The molecule has 0 aromatic carbocycles. The van der Waals surface area contributed by atoms with Crippen LogP contribution in [0.2, 0.25) is 0 Å². The van der Waals surface area contributed by atoms with Gasteiger partial charge in [-0.05, 0) is 58.8 Å². The van der Waals surface area contributed by atoms with E-state index in [1.807, 2.05) is 12.2 Å². The molecule has 3 amide bonds. The highest BCUT2D eigenvalue weighted by molar-refractivity contribution is 5.89. The summed E-state index contributed by atoms with van der Waals surface area (Å²) in [5.74, 6) is -1.26. The molecule has 6 atom stereocenters. The highest BCUT2D eigenvalue weighted by atomic mass is 16.6. The molecule has 2 bridgehead atoms. The molecule has 9 nitrogen and oxygen atoms in total. The van der Waals surface area contributed by atoms with Crippen molar-refractivity contribution < 1.29 is 28.7 Å². The number of likely N-dealkylation sites (tertiary alicyclic amines) is 1. The topological polar surface area (TPSA) is 114 Å². The summed E-state index contributed by atoms with van der Waals surface area (Å²) in [6, 6.07) is -1.76. The fourth-order valence-corrected chi connectivity index (χ4v) is 4.80. The molecule has 1 saturated heterocycles. The zero-order valence-corrected chi connectivity index (χ0v) is 18.8. The average molecular weight is 436 g/mol. The van der Waals surface area contributed by atoms with E-state index >= 15 is 0 Å². The van der Waals surface area contributed by atoms with E-state index in [0.717, 1.165) is 12.8 Å². The Hall–Kier alpha value is -2.58. The molecule has 172 valence electrons. The molecule has 9 heteroatoms. The Morgan fingerprint density at radius 3 is 2.45 bits per heavy atom. The number of ether oxygens (including phenoxy) is 2. The quantitative estimate of drug-likeness (QED) is 0.498. The number of carbonyl (C=O) groups is 4. The SMILES string of the molecule is COC(=O)[C@@H]1CCCN1C(=O)[C@H]1[C@@H](NC(=O)[C@H](C)NC(=O)OC(C)(C)C)[C@H]2C=C[C@@H]1C2. The molecular weight excluding hydrogens is 402 g/mol. The van der Waals surface area contributed by atoms with Crippen molar-refractivity contribution in [1.29, 1.82) is 0 Å². The van der Waals surface area contributed by atoms with Crippen LogP contribution in [0.25, 0.3) is 0 Å². The molecule has 0 aromatic heterocycles. The number of amides is 3. The number of alkyl carbamates (subject to hydrolysis) is 1. The van der Waals surface area contributed by atoms with Crippen molar-refractivity contribution in [2.75, 3.05) is 13.7 Å². The molecule has 0 unspecified atom stereocenters. The third-order valence-electron chi connectivity index (χ3n) is 6.19. The van der Waals surface area contributed by atoms with Crippen molar-refractivity contribution in [1.82, 2.24) is 15.5 Å². The smallest absolute Gasteiger partial charge is 0.408 e. The van der Waals surface area contributed by atoms with Crippen LogP contribution in [-0.2, 0) is 23.9 Å². The van der Waals surface area contributed by atoms with Crippen LogP contribution in [0, 0.1) is 17.8 Å². The van der Waals surface area contributed by atoms with Crippen molar-refractivity contribution in [3.63, 3.8) is 0 Å². The Morgan fingerprint density at radius 1 is 1.13 bits per heavy atom. The second-order valence-corrected chi connectivity index (χ2v) is 9.59. The van der Waals surface area contributed by atoms with Gasteiger partial charge in [-0.25, -0.2) is 9.59 Å². The molecule has 2 N–H and O–H groups in total. The van der Waals surface area contributed by atoms with Crippen LogP contribution in [0.5, 0.6) is 0 Å². The first-order chi connectivity index (χ1) is 14.5. The number of hydrogen-bond acceptors (Lipinski definition) is 6. The Bertz CT molecular complexity index is 774. The van der Waals surface area contributed by atoms with Gasteiger partial charge in [-0.2, -0.15) is 0 Å². The summed E-state index contributed by atoms with van der Waals surface area (Å²) in [5, 5.41) is 5.50. The summed E-state index contributed by atoms with van der Waals surface area (Å²) in [5.41, 5.74) is -0.668. The predicted molar refractivity (Wildman–Crippen MR) is 112 cm³/mol.